The molecule has 0 fully saturated rings. The van der Waals surface area contributed by atoms with Gasteiger partial charge in [-0.1, -0.05) is 57.6 Å². The van der Waals surface area contributed by atoms with Crippen LogP contribution in [0.1, 0.15) is 63.9 Å². The van der Waals surface area contributed by atoms with Crippen LogP contribution in [-0.4, -0.2) is 139 Å². The van der Waals surface area contributed by atoms with E-state index in [0.29, 0.717) is 126 Å². The number of aryl methyl sites for hydroxylation is 1. The van der Waals surface area contributed by atoms with Crippen molar-refractivity contribution in [3.63, 3.8) is 0 Å². The fourth-order valence-corrected chi connectivity index (χ4v) is 4.38. The predicted octanol–water partition coefficient (Wildman–Crippen LogP) is 5.07. The fraction of sp³-hybridized carbons (Fsp3) is 0.811. The van der Waals surface area contributed by atoms with Gasteiger partial charge in [0.25, 0.3) is 0 Å². The Hall–Kier alpha value is -1.87. The number of unbranched alkanes of at least 4 members (excludes halogenated alkanes) is 6. The molecule has 0 radical (unpaired) electrons. The van der Waals surface area contributed by atoms with E-state index in [1.165, 1.54) is 57.6 Å². The Bertz CT molecular complexity index is 811. The lowest BCUT2D eigenvalue weighted by Gasteiger charge is -2.09. The molecule has 286 valence electrons. The molecule has 49 heavy (non-hydrogen) atoms. The maximum Gasteiger partial charge on any atom is 0.307 e. The highest BCUT2D eigenvalue weighted by Gasteiger charge is 2.00. The number of ether oxygens (including phenoxy) is 11. The van der Waals surface area contributed by atoms with Gasteiger partial charge in [-0.3, -0.25) is 4.79 Å². The highest BCUT2D eigenvalue weighted by Crippen LogP contribution is 2.15. The summed E-state index contributed by atoms with van der Waals surface area (Å²) < 4.78 is 59.5. The SMILES string of the molecule is CCCCCCCCCc1ccc(OCCOCCOCCOCCOCCOCCOCCOCCOCCOCCC(=O)OC)cc1. The van der Waals surface area contributed by atoms with Crippen LogP contribution in [0.3, 0.4) is 0 Å². The zero-order chi connectivity index (χ0) is 35.1. The van der Waals surface area contributed by atoms with Crippen molar-refractivity contribution in [2.24, 2.45) is 0 Å². The molecule has 0 spiro atoms. The van der Waals surface area contributed by atoms with E-state index in [2.05, 4.69) is 35.9 Å². The molecule has 0 aliphatic rings. The van der Waals surface area contributed by atoms with Crippen LogP contribution in [0.4, 0.5) is 0 Å². The molecular weight excluding hydrogens is 636 g/mol. The highest BCUT2D eigenvalue weighted by molar-refractivity contribution is 5.69. The van der Waals surface area contributed by atoms with Crippen LogP contribution < -0.4 is 4.74 Å². The summed E-state index contributed by atoms with van der Waals surface area (Å²) in [6.45, 7) is 11.6. The van der Waals surface area contributed by atoms with E-state index in [1.807, 2.05) is 0 Å². The summed E-state index contributed by atoms with van der Waals surface area (Å²) in [6, 6.07) is 8.44. The molecule has 1 aromatic rings. The largest absolute Gasteiger partial charge is 0.491 e. The highest BCUT2D eigenvalue weighted by atomic mass is 16.6. The van der Waals surface area contributed by atoms with E-state index < -0.39 is 0 Å². The quantitative estimate of drug-likeness (QED) is 0.0673. The lowest BCUT2D eigenvalue weighted by Crippen LogP contribution is -2.15. The first-order chi connectivity index (χ1) is 24.3. The lowest BCUT2D eigenvalue weighted by atomic mass is 10.0. The van der Waals surface area contributed by atoms with Crippen molar-refractivity contribution in [1.29, 1.82) is 0 Å². The van der Waals surface area contributed by atoms with Gasteiger partial charge in [0, 0.05) is 0 Å². The minimum atomic E-state index is -0.283. The third-order valence-corrected chi connectivity index (χ3v) is 7.14. The van der Waals surface area contributed by atoms with Crippen LogP contribution in [0.5, 0.6) is 5.75 Å². The molecule has 0 aliphatic heterocycles. The Labute approximate surface area is 295 Å². The maximum absolute atomic E-state index is 10.9. The zero-order valence-corrected chi connectivity index (χ0v) is 30.5. The first kappa shape index (κ1) is 45.2. The predicted molar refractivity (Wildman–Crippen MR) is 188 cm³/mol. The summed E-state index contributed by atoms with van der Waals surface area (Å²) in [5.41, 5.74) is 1.38. The van der Waals surface area contributed by atoms with Crippen LogP contribution >= 0.6 is 0 Å². The van der Waals surface area contributed by atoms with Crippen LogP contribution in [0.25, 0.3) is 0 Å². The summed E-state index contributed by atoms with van der Waals surface area (Å²) in [7, 11) is 1.36. The molecule has 0 atom stereocenters. The average molecular weight is 703 g/mol. The molecule has 12 nitrogen and oxygen atoms in total. The van der Waals surface area contributed by atoms with Gasteiger partial charge in [0.1, 0.15) is 12.4 Å². The molecule has 1 aromatic carbocycles. The third-order valence-electron chi connectivity index (χ3n) is 7.14. The van der Waals surface area contributed by atoms with Gasteiger partial charge in [-0.15, -0.1) is 0 Å². The molecule has 0 saturated heterocycles. The number of methoxy groups -OCH3 is 1. The van der Waals surface area contributed by atoms with Gasteiger partial charge in [-0.25, -0.2) is 0 Å². The van der Waals surface area contributed by atoms with Crippen molar-refractivity contribution in [1.82, 2.24) is 0 Å². The smallest absolute Gasteiger partial charge is 0.307 e. The average Bonchev–Trinajstić information content (AvgIpc) is 3.12. The van der Waals surface area contributed by atoms with Crippen LogP contribution in [0.15, 0.2) is 24.3 Å². The molecule has 0 unspecified atom stereocenters. The monoisotopic (exact) mass is 702 g/mol. The van der Waals surface area contributed by atoms with Crippen LogP contribution in [0.2, 0.25) is 0 Å². The lowest BCUT2D eigenvalue weighted by molar-refractivity contribution is -0.141. The number of hydrogen-bond acceptors (Lipinski definition) is 12. The van der Waals surface area contributed by atoms with E-state index in [4.69, 9.17) is 47.4 Å². The third kappa shape index (κ3) is 33.1. The second-order valence-electron chi connectivity index (χ2n) is 11.2. The Morgan fingerprint density at radius 1 is 0.449 bits per heavy atom. The van der Waals surface area contributed by atoms with Gasteiger partial charge in [0.05, 0.1) is 132 Å². The zero-order valence-electron chi connectivity index (χ0n) is 30.5. The van der Waals surface area contributed by atoms with Crippen molar-refractivity contribution in [2.45, 2.75) is 64.7 Å². The van der Waals surface area contributed by atoms with Gasteiger partial charge in [-0.05, 0) is 30.5 Å². The number of benzene rings is 1. The molecule has 0 heterocycles. The van der Waals surface area contributed by atoms with Crippen molar-refractivity contribution < 1.29 is 56.9 Å². The molecule has 0 saturated carbocycles. The standard InChI is InChI=1S/C37H66O12/c1-3-4-5-6-7-8-9-10-35-11-13-36(14-12-35)49-34-33-48-32-31-47-30-29-46-28-27-45-26-25-44-24-23-43-22-21-42-20-19-41-18-17-40-16-15-37(38)39-2/h11-14H,3-10,15-34H2,1-2H3. The molecule has 0 bridgehead atoms. The minimum Gasteiger partial charge on any atom is -0.491 e. The maximum atomic E-state index is 10.9. The number of carbonyl (C=O) groups excluding carboxylic acids is 1. The summed E-state index contributed by atoms with van der Waals surface area (Å²) in [6.07, 6.45) is 10.7. The Kier molecular flexibility index (Phi) is 34.5. The van der Waals surface area contributed by atoms with E-state index >= 15 is 0 Å². The second kappa shape index (κ2) is 37.4. The van der Waals surface area contributed by atoms with E-state index in [1.54, 1.807) is 0 Å². The number of carbonyl (C=O) groups is 1. The summed E-state index contributed by atoms with van der Waals surface area (Å²) in [4.78, 5) is 10.9. The van der Waals surface area contributed by atoms with Gasteiger partial charge >= 0.3 is 5.97 Å². The van der Waals surface area contributed by atoms with E-state index in [0.717, 1.165) is 12.2 Å². The summed E-state index contributed by atoms with van der Waals surface area (Å²) in [5.74, 6) is 0.601. The van der Waals surface area contributed by atoms with Crippen molar-refractivity contribution in [3.05, 3.63) is 29.8 Å². The number of hydrogen-bond donors (Lipinski definition) is 0. The fourth-order valence-electron chi connectivity index (χ4n) is 4.38. The molecular formula is C37H66O12. The molecule has 12 heteroatoms. The van der Waals surface area contributed by atoms with Gasteiger partial charge < -0.3 is 52.1 Å². The molecule has 0 amide bonds. The van der Waals surface area contributed by atoms with Gasteiger partial charge in [0.15, 0.2) is 0 Å². The van der Waals surface area contributed by atoms with Crippen LogP contribution in [0, 0.1) is 0 Å². The number of rotatable bonds is 39. The van der Waals surface area contributed by atoms with E-state index in [9.17, 15) is 4.79 Å². The molecule has 0 aromatic heterocycles. The minimum absolute atomic E-state index is 0.247. The topological polar surface area (TPSA) is 119 Å². The summed E-state index contributed by atoms with van der Waals surface area (Å²) >= 11 is 0. The molecule has 1 rings (SSSR count). The first-order valence-corrected chi connectivity index (χ1v) is 18.2. The van der Waals surface area contributed by atoms with Gasteiger partial charge in [-0.2, -0.15) is 0 Å². The van der Waals surface area contributed by atoms with Gasteiger partial charge in [0.2, 0.25) is 0 Å². The molecule has 0 aliphatic carbocycles. The second-order valence-corrected chi connectivity index (χ2v) is 11.2. The van der Waals surface area contributed by atoms with Crippen molar-refractivity contribution in [2.75, 3.05) is 133 Å². The Morgan fingerprint density at radius 2 is 0.796 bits per heavy atom. The Balaban J connectivity index is 1.70. The first-order valence-electron chi connectivity index (χ1n) is 18.2. The van der Waals surface area contributed by atoms with Crippen molar-refractivity contribution >= 4 is 5.97 Å². The van der Waals surface area contributed by atoms with Crippen molar-refractivity contribution in [3.8, 4) is 5.75 Å². The number of esters is 1. The summed E-state index contributed by atoms with van der Waals surface area (Å²) in [5, 5.41) is 0. The van der Waals surface area contributed by atoms with E-state index in [-0.39, 0.29) is 12.4 Å². The van der Waals surface area contributed by atoms with Crippen LogP contribution in [-0.2, 0) is 58.6 Å². The Morgan fingerprint density at radius 3 is 1.18 bits per heavy atom. The normalized spacial score (nSPS) is 11.3. The molecule has 0 N–H and O–H groups in total.